The van der Waals surface area contributed by atoms with Crippen LogP contribution in [0, 0.1) is 0 Å². The lowest BCUT2D eigenvalue weighted by molar-refractivity contribution is 0.0457. The van der Waals surface area contributed by atoms with Crippen LogP contribution in [0.3, 0.4) is 0 Å². The standard InChI is InChI=1S/C26H19O2P/c27-26-22-16-8-7-15-21(22)25(28-26)23-17-9-10-18-24(23)29(19-11-3-1-4-12-19)20-13-5-2-6-14-20/h1-18,25H. The number of carbonyl (C=O) groups excluding carboxylic acids is 1. The second-order valence-corrected chi connectivity index (χ2v) is 9.12. The van der Waals surface area contributed by atoms with Gasteiger partial charge in [-0.15, -0.1) is 0 Å². The molecule has 0 fully saturated rings. The summed E-state index contributed by atoms with van der Waals surface area (Å²) in [5.74, 6) is -0.246. The first-order valence-electron chi connectivity index (χ1n) is 9.62. The number of rotatable bonds is 4. The first kappa shape index (κ1) is 17.8. The highest BCUT2D eigenvalue weighted by Gasteiger charge is 2.34. The van der Waals surface area contributed by atoms with Crippen molar-refractivity contribution >= 4 is 29.8 Å². The first-order chi connectivity index (χ1) is 14.3. The predicted molar refractivity (Wildman–Crippen MR) is 119 cm³/mol. The van der Waals surface area contributed by atoms with E-state index in [0.29, 0.717) is 5.56 Å². The predicted octanol–water partition coefficient (Wildman–Crippen LogP) is 4.70. The van der Waals surface area contributed by atoms with Crippen LogP contribution in [0.5, 0.6) is 0 Å². The molecule has 0 bridgehead atoms. The van der Waals surface area contributed by atoms with Crippen molar-refractivity contribution in [1.29, 1.82) is 0 Å². The third-order valence-corrected chi connectivity index (χ3v) is 7.70. The quantitative estimate of drug-likeness (QED) is 0.370. The number of esters is 1. The zero-order valence-corrected chi connectivity index (χ0v) is 16.6. The molecule has 140 valence electrons. The second-order valence-electron chi connectivity index (χ2n) is 6.94. The van der Waals surface area contributed by atoms with Gasteiger partial charge in [0.15, 0.2) is 6.10 Å². The van der Waals surface area contributed by atoms with E-state index >= 15 is 0 Å². The fourth-order valence-electron chi connectivity index (χ4n) is 3.87. The van der Waals surface area contributed by atoms with Crippen molar-refractivity contribution in [1.82, 2.24) is 0 Å². The van der Waals surface area contributed by atoms with E-state index in [2.05, 4.69) is 66.7 Å². The summed E-state index contributed by atoms with van der Waals surface area (Å²) in [5.41, 5.74) is 2.67. The third kappa shape index (κ3) is 3.26. The first-order valence-corrected chi connectivity index (χ1v) is 11.0. The fraction of sp³-hybridized carbons (Fsp3) is 0.0385. The molecule has 0 N–H and O–H groups in total. The summed E-state index contributed by atoms with van der Waals surface area (Å²) in [6, 6.07) is 37.2. The van der Waals surface area contributed by atoms with E-state index in [9.17, 15) is 4.79 Å². The van der Waals surface area contributed by atoms with E-state index < -0.39 is 7.92 Å². The maximum absolute atomic E-state index is 12.5. The molecule has 3 heteroatoms. The molecule has 1 heterocycles. The zero-order chi connectivity index (χ0) is 19.6. The van der Waals surface area contributed by atoms with Crippen LogP contribution in [0.15, 0.2) is 109 Å². The Morgan fingerprint density at radius 3 is 1.76 bits per heavy atom. The lowest BCUT2D eigenvalue weighted by Gasteiger charge is -2.24. The summed E-state index contributed by atoms with van der Waals surface area (Å²) >= 11 is 0. The van der Waals surface area contributed by atoms with E-state index in [0.717, 1.165) is 11.1 Å². The van der Waals surface area contributed by atoms with Crippen LogP contribution in [0.2, 0.25) is 0 Å². The van der Waals surface area contributed by atoms with Crippen LogP contribution >= 0.6 is 7.92 Å². The summed E-state index contributed by atoms with van der Waals surface area (Å²) in [5, 5.41) is 3.77. The van der Waals surface area contributed by atoms with Crippen LogP contribution in [0.25, 0.3) is 0 Å². The van der Waals surface area contributed by atoms with E-state index in [-0.39, 0.29) is 12.1 Å². The molecule has 0 radical (unpaired) electrons. The fourth-order valence-corrected chi connectivity index (χ4v) is 6.35. The molecule has 1 unspecified atom stereocenters. The Morgan fingerprint density at radius 1 is 0.586 bits per heavy atom. The van der Waals surface area contributed by atoms with Gasteiger partial charge in [-0.25, -0.2) is 4.79 Å². The van der Waals surface area contributed by atoms with Crippen molar-refractivity contribution in [2.75, 3.05) is 0 Å². The Morgan fingerprint density at radius 2 is 1.10 bits per heavy atom. The molecule has 0 saturated carbocycles. The maximum atomic E-state index is 12.5. The molecule has 0 spiro atoms. The Balaban J connectivity index is 1.69. The van der Waals surface area contributed by atoms with Gasteiger partial charge in [0, 0.05) is 11.1 Å². The highest BCUT2D eigenvalue weighted by Crippen LogP contribution is 2.40. The largest absolute Gasteiger partial charge is 0.449 e. The summed E-state index contributed by atoms with van der Waals surface area (Å²) in [6.07, 6.45) is -0.368. The highest BCUT2D eigenvalue weighted by molar-refractivity contribution is 7.79. The summed E-state index contributed by atoms with van der Waals surface area (Å²) in [4.78, 5) is 12.5. The van der Waals surface area contributed by atoms with Crippen LogP contribution in [0.4, 0.5) is 0 Å². The minimum absolute atomic E-state index is 0.246. The topological polar surface area (TPSA) is 26.3 Å². The average Bonchev–Trinajstić information content (AvgIpc) is 3.13. The van der Waals surface area contributed by atoms with E-state index in [1.165, 1.54) is 15.9 Å². The van der Waals surface area contributed by atoms with Crippen molar-refractivity contribution in [3.63, 3.8) is 0 Å². The molecule has 0 saturated heterocycles. The minimum atomic E-state index is -0.778. The summed E-state index contributed by atoms with van der Waals surface area (Å²) in [6.45, 7) is 0. The number of carbonyl (C=O) groups is 1. The van der Waals surface area contributed by atoms with Crippen LogP contribution in [-0.4, -0.2) is 5.97 Å². The third-order valence-electron chi connectivity index (χ3n) is 5.18. The van der Waals surface area contributed by atoms with Gasteiger partial charge in [-0.1, -0.05) is 103 Å². The van der Waals surface area contributed by atoms with E-state index in [4.69, 9.17) is 4.74 Å². The molecular weight excluding hydrogens is 375 g/mol. The van der Waals surface area contributed by atoms with Crippen LogP contribution in [0.1, 0.15) is 27.6 Å². The van der Waals surface area contributed by atoms with Gasteiger partial charge in [-0.05, 0) is 29.9 Å². The molecule has 29 heavy (non-hydrogen) atoms. The lowest BCUT2D eigenvalue weighted by Crippen LogP contribution is -2.24. The number of fused-ring (bicyclic) bond motifs is 1. The Labute approximate surface area is 171 Å². The Bertz CT molecular complexity index is 1120. The number of ether oxygens (including phenoxy) is 1. The van der Waals surface area contributed by atoms with E-state index in [1.807, 2.05) is 42.5 Å². The Kier molecular flexibility index (Phi) is 4.71. The van der Waals surface area contributed by atoms with Gasteiger partial charge in [0.2, 0.25) is 0 Å². The van der Waals surface area contributed by atoms with Gasteiger partial charge in [-0.3, -0.25) is 0 Å². The van der Waals surface area contributed by atoms with Gasteiger partial charge in [-0.2, -0.15) is 0 Å². The van der Waals surface area contributed by atoms with Gasteiger partial charge in [0.25, 0.3) is 0 Å². The second kappa shape index (κ2) is 7.66. The molecule has 0 aromatic heterocycles. The van der Waals surface area contributed by atoms with Gasteiger partial charge < -0.3 is 4.74 Å². The minimum Gasteiger partial charge on any atom is -0.449 e. The lowest BCUT2D eigenvalue weighted by atomic mass is 9.99. The molecule has 4 aromatic carbocycles. The summed E-state index contributed by atoms with van der Waals surface area (Å²) < 4.78 is 5.85. The molecule has 1 aliphatic heterocycles. The van der Waals surface area contributed by atoms with Crippen molar-refractivity contribution in [2.45, 2.75) is 6.10 Å². The number of hydrogen-bond acceptors (Lipinski definition) is 2. The molecule has 4 aromatic rings. The smallest absolute Gasteiger partial charge is 0.339 e. The summed E-state index contributed by atoms with van der Waals surface area (Å²) in [7, 11) is -0.778. The molecule has 1 atom stereocenters. The number of cyclic esters (lactones) is 1. The van der Waals surface area contributed by atoms with Crippen LogP contribution in [-0.2, 0) is 4.74 Å². The van der Waals surface area contributed by atoms with E-state index in [1.54, 1.807) is 0 Å². The maximum Gasteiger partial charge on any atom is 0.339 e. The molecule has 1 aliphatic rings. The molecule has 0 amide bonds. The van der Waals surface area contributed by atoms with Gasteiger partial charge in [0.1, 0.15) is 0 Å². The zero-order valence-electron chi connectivity index (χ0n) is 15.7. The molecule has 0 aliphatic carbocycles. The highest BCUT2D eigenvalue weighted by atomic mass is 31.1. The average molecular weight is 394 g/mol. The van der Waals surface area contributed by atoms with Gasteiger partial charge >= 0.3 is 5.97 Å². The van der Waals surface area contributed by atoms with Crippen molar-refractivity contribution < 1.29 is 9.53 Å². The number of hydrogen-bond donors (Lipinski definition) is 0. The number of benzene rings is 4. The van der Waals surface area contributed by atoms with Crippen LogP contribution < -0.4 is 15.9 Å². The van der Waals surface area contributed by atoms with Crippen molar-refractivity contribution in [3.8, 4) is 0 Å². The molecule has 5 rings (SSSR count). The Hall–Kier alpha value is -3.22. The van der Waals surface area contributed by atoms with Crippen molar-refractivity contribution in [2.24, 2.45) is 0 Å². The SMILES string of the molecule is O=C1OC(c2ccccc2P(c2ccccc2)c2ccccc2)c2ccccc21. The molecule has 2 nitrogen and oxygen atoms in total. The normalized spacial score (nSPS) is 15.2. The van der Waals surface area contributed by atoms with Gasteiger partial charge in [0.05, 0.1) is 5.56 Å². The molecular formula is C26H19O2P. The van der Waals surface area contributed by atoms with Crippen molar-refractivity contribution in [3.05, 3.63) is 126 Å². The monoisotopic (exact) mass is 394 g/mol.